The molecule has 0 spiro atoms. The minimum atomic E-state index is -1.00. The Bertz CT molecular complexity index is 1200. The fourth-order valence-corrected chi connectivity index (χ4v) is 3.25. The average molecular weight is 399 g/mol. The smallest absolute Gasteiger partial charge is 0.335 e. The molecule has 0 fully saturated rings. The maximum absolute atomic E-state index is 12.6. The first kappa shape index (κ1) is 20.6. The van der Waals surface area contributed by atoms with Crippen LogP contribution in [0.25, 0.3) is 11.8 Å². The topological polar surface area (TPSA) is 95.1 Å². The molecular weight excluding hydrogens is 378 g/mol. The lowest BCUT2D eigenvalue weighted by Gasteiger charge is -2.10. The van der Waals surface area contributed by atoms with Crippen LogP contribution in [-0.2, 0) is 4.79 Å². The third kappa shape index (κ3) is 4.31. The summed E-state index contributed by atoms with van der Waals surface area (Å²) in [5, 5.41) is 21.5. The SMILES string of the molecule is Cc1ccc(NC(=O)C(C#N)=Cc2cc(C)n(-c3cccc(C(=O)O)c3)c2C)cc1. The summed E-state index contributed by atoms with van der Waals surface area (Å²) in [5.41, 5.74) is 4.92. The van der Waals surface area contributed by atoms with Gasteiger partial charge in [-0.1, -0.05) is 23.8 Å². The molecule has 150 valence electrons. The van der Waals surface area contributed by atoms with Gasteiger partial charge in [-0.2, -0.15) is 5.26 Å². The molecule has 1 heterocycles. The molecule has 6 heteroatoms. The Kier molecular flexibility index (Phi) is 5.84. The second-order valence-corrected chi connectivity index (χ2v) is 7.01. The lowest BCUT2D eigenvalue weighted by atomic mass is 10.1. The predicted molar refractivity (Wildman–Crippen MR) is 116 cm³/mol. The van der Waals surface area contributed by atoms with Crippen LogP contribution in [-0.4, -0.2) is 21.6 Å². The fourth-order valence-electron chi connectivity index (χ4n) is 3.25. The molecule has 0 aliphatic rings. The van der Waals surface area contributed by atoms with Gasteiger partial charge in [-0.25, -0.2) is 4.79 Å². The number of benzene rings is 2. The summed E-state index contributed by atoms with van der Waals surface area (Å²) in [5.74, 6) is -1.49. The number of aromatic carboxylic acids is 1. The lowest BCUT2D eigenvalue weighted by Crippen LogP contribution is -2.13. The molecule has 0 bridgehead atoms. The first-order valence-electron chi connectivity index (χ1n) is 9.32. The van der Waals surface area contributed by atoms with Crippen LogP contribution in [0.2, 0.25) is 0 Å². The van der Waals surface area contributed by atoms with Crippen molar-refractivity contribution < 1.29 is 14.7 Å². The zero-order chi connectivity index (χ0) is 21.8. The van der Waals surface area contributed by atoms with Crippen molar-refractivity contribution >= 4 is 23.6 Å². The van der Waals surface area contributed by atoms with E-state index in [1.807, 2.05) is 55.7 Å². The maximum Gasteiger partial charge on any atom is 0.335 e. The maximum atomic E-state index is 12.6. The molecule has 0 unspecified atom stereocenters. The number of carbonyl (C=O) groups excluding carboxylic acids is 1. The van der Waals surface area contributed by atoms with E-state index in [2.05, 4.69) is 5.32 Å². The van der Waals surface area contributed by atoms with E-state index in [1.165, 1.54) is 6.07 Å². The number of nitrogens with one attached hydrogen (secondary N) is 1. The van der Waals surface area contributed by atoms with Gasteiger partial charge in [0, 0.05) is 22.8 Å². The molecule has 0 atom stereocenters. The minimum absolute atomic E-state index is 0.0184. The van der Waals surface area contributed by atoms with Gasteiger partial charge in [-0.15, -0.1) is 0 Å². The Balaban J connectivity index is 1.94. The number of carbonyl (C=O) groups is 2. The van der Waals surface area contributed by atoms with E-state index < -0.39 is 11.9 Å². The van der Waals surface area contributed by atoms with Gasteiger partial charge >= 0.3 is 5.97 Å². The Labute approximate surface area is 174 Å². The van der Waals surface area contributed by atoms with E-state index in [0.717, 1.165) is 17.0 Å². The van der Waals surface area contributed by atoms with Gasteiger partial charge in [-0.3, -0.25) is 4.79 Å². The largest absolute Gasteiger partial charge is 0.478 e. The van der Waals surface area contributed by atoms with Gasteiger partial charge in [0.15, 0.2) is 0 Å². The number of hydrogen-bond donors (Lipinski definition) is 2. The third-order valence-corrected chi connectivity index (χ3v) is 4.80. The monoisotopic (exact) mass is 399 g/mol. The van der Waals surface area contributed by atoms with Gasteiger partial charge < -0.3 is 15.0 Å². The molecule has 0 aliphatic heterocycles. The minimum Gasteiger partial charge on any atom is -0.478 e. The average Bonchev–Trinajstić information content (AvgIpc) is 3.00. The molecule has 0 saturated carbocycles. The number of nitrogens with zero attached hydrogens (tertiary/aromatic N) is 2. The van der Waals surface area contributed by atoms with Crippen LogP contribution in [0.5, 0.6) is 0 Å². The first-order chi connectivity index (χ1) is 14.3. The second kappa shape index (κ2) is 8.50. The second-order valence-electron chi connectivity index (χ2n) is 7.01. The third-order valence-electron chi connectivity index (χ3n) is 4.80. The summed E-state index contributed by atoms with van der Waals surface area (Å²) in [6, 6.07) is 17.8. The Morgan fingerprint density at radius 1 is 1.07 bits per heavy atom. The standard InChI is InChI=1S/C24H21N3O3/c1-15-7-9-21(10-8-15)26-23(28)20(14-25)12-19-11-16(2)27(17(19)3)22-6-4-5-18(13-22)24(29)30/h4-13H,1-3H3,(H,26,28)(H,29,30). The number of hydrogen-bond acceptors (Lipinski definition) is 3. The molecule has 1 amide bonds. The highest BCUT2D eigenvalue weighted by Crippen LogP contribution is 2.24. The van der Waals surface area contributed by atoms with E-state index in [9.17, 15) is 20.0 Å². The van der Waals surface area contributed by atoms with Crippen molar-refractivity contribution in [2.75, 3.05) is 5.32 Å². The van der Waals surface area contributed by atoms with Crippen LogP contribution < -0.4 is 5.32 Å². The van der Waals surface area contributed by atoms with Crippen LogP contribution >= 0.6 is 0 Å². The number of nitriles is 1. The Hall–Kier alpha value is -4.11. The fraction of sp³-hybridized carbons (Fsp3) is 0.125. The lowest BCUT2D eigenvalue weighted by molar-refractivity contribution is -0.112. The van der Waals surface area contributed by atoms with Gasteiger partial charge in [0.05, 0.1) is 5.56 Å². The number of amides is 1. The summed E-state index contributed by atoms with van der Waals surface area (Å²) in [6.45, 7) is 5.70. The summed E-state index contributed by atoms with van der Waals surface area (Å²) < 4.78 is 1.89. The molecule has 0 saturated heterocycles. The predicted octanol–water partition coefficient (Wildman–Crippen LogP) is 4.65. The molecule has 1 aromatic heterocycles. The van der Waals surface area contributed by atoms with E-state index in [1.54, 1.807) is 30.3 Å². The zero-order valence-corrected chi connectivity index (χ0v) is 16.9. The van der Waals surface area contributed by atoms with Crippen LogP contribution in [0.1, 0.15) is 32.9 Å². The summed E-state index contributed by atoms with van der Waals surface area (Å²) in [6.07, 6.45) is 1.55. The van der Waals surface area contributed by atoms with Crippen LogP contribution in [0.3, 0.4) is 0 Å². The first-order valence-corrected chi connectivity index (χ1v) is 9.32. The molecular formula is C24H21N3O3. The number of rotatable bonds is 5. The van der Waals surface area contributed by atoms with Crippen molar-refractivity contribution in [1.82, 2.24) is 4.57 Å². The highest BCUT2D eigenvalue weighted by molar-refractivity contribution is 6.09. The summed E-state index contributed by atoms with van der Waals surface area (Å²) >= 11 is 0. The van der Waals surface area contributed by atoms with Crippen molar-refractivity contribution in [3.8, 4) is 11.8 Å². The van der Waals surface area contributed by atoms with Crippen LogP contribution in [0, 0.1) is 32.1 Å². The van der Waals surface area contributed by atoms with Gasteiger partial charge in [0.1, 0.15) is 11.6 Å². The van der Waals surface area contributed by atoms with Crippen molar-refractivity contribution in [1.29, 1.82) is 5.26 Å². The quantitative estimate of drug-likeness (QED) is 0.482. The van der Waals surface area contributed by atoms with Crippen molar-refractivity contribution in [2.24, 2.45) is 0 Å². The molecule has 3 aromatic rings. The molecule has 0 aliphatic carbocycles. The van der Waals surface area contributed by atoms with Gasteiger partial charge in [0.25, 0.3) is 5.91 Å². The summed E-state index contributed by atoms with van der Waals surface area (Å²) in [4.78, 5) is 23.8. The molecule has 0 radical (unpaired) electrons. The Morgan fingerprint density at radius 2 is 1.77 bits per heavy atom. The van der Waals surface area contributed by atoms with E-state index in [0.29, 0.717) is 16.9 Å². The van der Waals surface area contributed by atoms with Crippen LogP contribution in [0.15, 0.2) is 60.2 Å². The van der Waals surface area contributed by atoms with Gasteiger partial charge in [-0.05, 0) is 68.8 Å². The number of carboxylic acid groups (broad SMARTS) is 1. The van der Waals surface area contributed by atoms with E-state index in [4.69, 9.17) is 0 Å². The van der Waals surface area contributed by atoms with Crippen molar-refractivity contribution in [2.45, 2.75) is 20.8 Å². The highest BCUT2D eigenvalue weighted by Gasteiger charge is 2.15. The molecule has 3 rings (SSSR count). The number of carboxylic acids is 1. The van der Waals surface area contributed by atoms with Crippen molar-refractivity contribution in [3.63, 3.8) is 0 Å². The van der Waals surface area contributed by atoms with E-state index >= 15 is 0 Å². The van der Waals surface area contributed by atoms with Crippen LogP contribution in [0.4, 0.5) is 5.69 Å². The number of aromatic nitrogens is 1. The molecule has 2 N–H and O–H groups in total. The zero-order valence-electron chi connectivity index (χ0n) is 16.9. The Morgan fingerprint density at radius 3 is 2.40 bits per heavy atom. The molecule has 2 aromatic carbocycles. The van der Waals surface area contributed by atoms with E-state index in [-0.39, 0.29) is 11.1 Å². The molecule has 6 nitrogen and oxygen atoms in total. The number of aryl methyl sites for hydroxylation is 2. The highest BCUT2D eigenvalue weighted by atomic mass is 16.4. The van der Waals surface area contributed by atoms with Gasteiger partial charge in [0.2, 0.25) is 0 Å². The molecule has 30 heavy (non-hydrogen) atoms. The number of anilines is 1. The van der Waals surface area contributed by atoms with Crippen molar-refractivity contribution in [3.05, 3.63) is 88.2 Å². The summed E-state index contributed by atoms with van der Waals surface area (Å²) in [7, 11) is 0. The normalized spacial score (nSPS) is 11.1.